The van der Waals surface area contributed by atoms with Gasteiger partial charge in [0.05, 0.1) is 5.69 Å². The molecule has 0 bridgehead atoms. The van der Waals surface area contributed by atoms with Crippen LogP contribution in [0.3, 0.4) is 0 Å². The van der Waals surface area contributed by atoms with Crippen LogP contribution in [0.4, 0.5) is 18.9 Å². The molecule has 2 heterocycles. The number of carbonyl (C=O) groups excluding carboxylic acids is 1. The van der Waals surface area contributed by atoms with Gasteiger partial charge in [-0.15, -0.1) is 5.10 Å². The highest BCUT2D eigenvalue weighted by Gasteiger charge is 2.19. The fraction of sp³-hybridized carbons (Fsp3) is 0.143. The third-order valence-electron chi connectivity index (χ3n) is 3.10. The van der Waals surface area contributed by atoms with Crippen molar-refractivity contribution in [2.75, 3.05) is 5.32 Å². The highest BCUT2D eigenvalue weighted by atomic mass is 19.2. The molecule has 2 aromatic heterocycles. The van der Waals surface area contributed by atoms with E-state index in [-0.39, 0.29) is 11.6 Å². The van der Waals surface area contributed by atoms with Gasteiger partial charge in [-0.1, -0.05) is 0 Å². The Balaban J connectivity index is 1.95. The highest BCUT2D eigenvalue weighted by molar-refractivity contribution is 6.01. The highest BCUT2D eigenvalue weighted by Crippen LogP contribution is 2.20. The SMILES string of the molecule is Cc1cc(C)n2nc(C(=O)Nc3ccc(F)c(F)c3F)nc2n1. The molecule has 23 heavy (non-hydrogen) atoms. The topological polar surface area (TPSA) is 72.2 Å². The van der Waals surface area contributed by atoms with E-state index < -0.39 is 29.0 Å². The number of aromatic nitrogens is 4. The summed E-state index contributed by atoms with van der Waals surface area (Å²) < 4.78 is 41.0. The second-order valence-corrected chi connectivity index (χ2v) is 4.86. The van der Waals surface area contributed by atoms with Crippen molar-refractivity contribution in [2.45, 2.75) is 13.8 Å². The van der Waals surface area contributed by atoms with Crippen LogP contribution < -0.4 is 5.32 Å². The molecule has 0 radical (unpaired) electrons. The van der Waals surface area contributed by atoms with Crippen molar-refractivity contribution < 1.29 is 18.0 Å². The molecule has 0 saturated carbocycles. The van der Waals surface area contributed by atoms with Crippen LogP contribution in [0.5, 0.6) is 0 Å². The fourth-order valence-corrected chi connectivity index (χ4v) is 2.06. The number of benzene rings is 1. The van der Waals surface area contributed by atoms with Gasteiger partial charge in [0.2, 0.25) is 5.82 Å². The molecule has 0 aliphatic rings. The number of halogens is 3. The largest absolute Gasteiger partial charge is 0.317 e. The number of aryl methyl sites for hydroxylation is 2. The summed E-state index contributed by atoms with van der Waals surface area (Å²) in [4.78, 5) is 20.1. The van der Waals surface area contributed by atoms with Gasteiger partial charge in [-0.3, -0.25) is 4.79 Å². The Kier molecular flexibility index (Phi) is 3.47. The number of fused-ring (bicyclic) bond motifs is 1. The van der Waals surface area contributed by atoms with Crippen molar-refractivity contribution in [3.63, 3.8) is 0 Å². The van der Waals surface area contributed by atoms with Gasteiger partial charge < -0.3 is 5.32 Å². The summed E-state index contributed by atoms with van der Waals surface area (Å²) >= 11 is 0. The molecule has 1 aromatic carbocycles. The van der Waals surface area contributed by atoms with E-state index in [0.717, 1.165) is 6.07 Å². The van der Waals surface area contributed by atoms with Crippen LogP contribution in [0.2, 0.25) is 0 Å². The molecule has 1 amide bonds. The standard InChI is InChI=1S/C14H10F3N5O/c1-6-5-7(2)22-14(18-6)20-12(21-22)13(23)19-9-4-3-8(15)10(16)11(9)17/h3-5H,1-2H3,(H,19,23). The van der Waals surface area contributed by atoms with Gasteiger partial charge in [0.1, 0.15) is 0 Å². The minimum absolute atomic E-state index is 0.207. The zero-order chi connectivity index (χ0) is 16.7. The number of nitrogens with one attached hydrogen (secondary N) is 1. The van der Waals surface area contributed by atoms with Crippen LogP contribution >= 0.6 is 0 Å². The van der Waals surface area contributed by atoms with Crippen molar-refractivity contribution in [1.29, 1.82) is 0 Å². The Bertz CT molecular complexity index is 938. The van der Waals surface area contributed by atoms with Crippen LogP contribution in [0.15, 0.2) is 18.2 Å². The molecule has 0 aliphatic heterocycles. The van der Waals surface area contributed by atoms with E-state index in [0.29, 0.717) is 17.5 Å². The average Bonchev–Trinajstić information content (AvgIpc) is 2.92. The first-order valence-electron chi connectivity index (χ1n) is 6.52. The molecular weight excluding hydrogens is 311 g/mol. The minimum atomic E-state index is -1.67. The Morgan fingerprint density at radius 3 is 2.61 bits per heavy atom. The fourth-order valence-electron chi connectivity index (χ4n) is 2.06. The molecule has 9 heteroatoms. The number of carbonyl (C=O) groups is 1. The Morgan fingerprint density at radius 2 is 1.87 bits per heavy atom. The maximum atomic E-state index is 13.6. The van der Waals surface area contributed by atoms with E-state index in [1.54, 1.807) is 19.9 Å². The lowest BCUT2D eigenvalue weighted by molar-refractivity contribution is 0.101. The number of rotatable bonds is 2. The summed E-state index contributed by atoms with van der Waals surface area (Å²) in [7, 11) is 0. The Morgan fingerprint density at radius 1 is 1.13 bits per heavy atom. The quantitative estimate of drug-likeness (QED) is 0.736. The maximum absolute atomic E-state index is 13.6. The number of nitrogens with zero attached hydrogens (tertiary/aromatic N) is 4. The van der Waals surface area contributed by atoms with E-state index in [1.165, 1.54) is 4.52 Å². The number of hydrogen-bond acceptors (Lipinski definition) is 4. The normalized spacial score (nSPS) is 11.0. The van der Waals surface area contributed by atoms with Crippen LogP contribution in [0, 0.1) is 31.3 Å². The molecule has 0 saturated heterocycles. The smallest absolute Gasteiger partial charge is 0.295 e. The van der Waals surface area contributed by atoms with Crippen molar-refractivity contribution >= 4 is 17.4 Å². The summed E-state index contributed by atoms with van der Waals surface area (Å²) in [6.07, 6.45) is 0. The molecule has 0 aliphatic carbocycles. The van der Waals surface area contributed by atoms with Crippen molar-refractivity contribution in [3.8, 4) is 0 Å². The lowest BCUT2D eigenvalue weighted by Gasteiger charge is -2.05. The molecule has 3 rings (SSSR count). The second-order valence-electron chi connectivity index (χ2n) is 4.86. The van der Waals surface area contributed by atoms with Gasteiger partial charge in [0.25, 0.3) is 11.7 Å². The van der Waals surface area contributed by atoms with Crippen LogP contribution in [-0.4, -0.2) is 25.5 Å². The predicted octanol–water partition coefficient (Wildman–Crippen LogP) is 2.41. The molecule has 118 valence electrons. The van der Waals surface area contributed by atoms with E-state index >= 15 is 0 Å². The molecule has 0 spiro atoms. The van der Waals surface area contributed by atoms with Crippen molar-refractivity contribution in [2.24, 2.45) is 0 Å². The minimum Gasteiger partial charge on any atom is -0.317 e. The lowest BCUT2D eigenvalue weighted by atomic mass is 10.2. The molecule has 0 fully saturated rings. The summed E-state index contributed by atoms with van der Waals surface area (Å²) in [6.45, 7) is 3.52. The average molecular weight is 321 g/mol. The molecule has 3 aromatic rings. The van der Waals surface area contributed by atoms with E-state index in [2.05, 4.69) is 20.4 Å². The van der Waals surface area contributed by atoms with Crippen LogP contribution in [0.25, 0.3) is 5.78 Å². The van der Waals surface area contributed by atoms with Crippen molar-refractivity contribution in [3.05, 3.63) is 52.9 Å². The first kappa shape index (κ1) is 14.9. The van der Waals surface area contributed by atoms with Crippen LogP contribution in [0.1, 0.15) is 22.0 Å². The van der Waals surface area contributed by atoms with Crippen molar-refractivity contribution in [1.82, 2.24) is 19.6 Å². The Hall–Kier alpha value is -2.97. The molecule has 1 N–H and O–H groups in total. The molecule has 0 unspecified atom stereocenters. The first-order valence-corrected chi connectivity index (χ1v) is 6.52. The van der Waals surface area contributed by atoms with Gasteiger partial charge in [0.15, 0.2) is 17.5 Å². The summed E-state index contributed by atoms with van der Waals surface area (Å²) in [5.74, 6) is -5.43. The van der Waals surface area contributed by atoms with E-state index in [4.69, 9.17) is 0 Å². The third-order valence-corrected chi connectivity index (χ3v) is 3.10. The third kappa shape index (κ3) is 2.60. The van der Waals surface area contributed by atoms with Gasteiger partial charge in [-0.2, -0.15) is 4.98 Å². The van der Waals surface area contributed by atoms with Crippen LogP contribution in [-0.2, 0) is 0 Å². The summed E-state index contributed by atoms with van der Waals surface area (Å²) in [5, 5.41) is 6.06. The predicted molar refractivity (Wildman–Crippen MR) is 74.5 cm³/mol. The van der Waals surface area contributed by atoms with Gasteiger partial charge in [0, 0.05) is 11.4 Å². The molecule has 0 atom stereocenters. The molecule has 6 nitrogen and oxygen atoms in total. The summed E-state index contributed by atoms with van der Waals surface area (Å²) in [6, 6.07) is 3.37. The van der Waals surface area contributed by atoms with E-state index in [1.807, 2.05) is 0 Å². The molecular formula is C14H10F3N5O. The number of anilines is 1. The number of hydrogen-bond donors (Lipinski definition) is 1. The van der Waals surface area contributed by atoms with E-state index in [9.17, 15) is 18.0 Å². The zero-order valence-electron chi connectivity index (χ0n) is 12.1. The summed E-state index contributed by atoms with van der Waals surface area (Å²) in [5.41, 5.74) is 0.896. The van der Waals surface area contributed by atoms with Gasteiger partial charge in [-0.05, 0) is 32.0 Å². The van der Waals surface area contributed by atoms with Gasteiger partial charge in [-0.25, -0.2) is 22.7 Å². The zero-order valence-corrected chi connectivity index (χ0v) is 12.1. The first-order chi connectivity index (χ1) is 10.9. The second kappa shape index (κ2) is 5.34. The monoisotopic (exact) mass is 321 g/mol. The maximum Gasteiger partial charge on any atom is 0.295 e. The van der Waals surface area contributed by atoms with Gasteiger partial charge >= 0.3 is 0 Å². The Labute approximate surface area is 128 Å². The lowest BCUT2D eigenvalue weighted by Crippen LogP contribution is -2.15. The number of amides is 1.